The Bertz CT molecular complexity index is 685. The van der Waals surface area contributed by atoms with Crippen LogP contribution >= 0.6 is 0 Å². The maximum Gasteiger partial charge on any atom is 0.408 e. The molecule has 0 aliphatic carbocycles. The number of nitriles is 1. The summed E-state index contributed by atoms with van der Waals surface area (Å²) in [5.74, 6) is -1.38. The summed E-state index contributed by atoms with van der Waals surface area (Å²) in [5.41, 5.74) is 6.19. The van der Waals surface area contributed by atoms with Crippen LogP contribution in [0.3, 0.4) is 0 Å². The van der Waals surface area contributed by atoms with Crippen LogP contribution in [-0.2, 0) is 20.9 Å². The number of rotatable bonds is 11. The smallest absolute Gasteiger partial charge is 0.408 e. The van der Waals surface area contributed by atoms with Gasteiger partial charge in [-0.3, -0.25) is 9.59 Å². The Morgan fingerprint density at radius 3 is 2.39 bits per heavy atom. The van der Waals surface area contributed by atoms with E-state index < -0.39 is 30.0 Å². The summed E-state index contributed by atoms with van der Waals surface area (Å²) in [7, 11) is 0. The maximum atomic E-state index is 12.6. The van der Waals surface area contributed by atoms with Gasteiger partial charge in [0.05, 0.1) is 6.07 Å². The van der Waals surface area contributed by atoms with Crippen LogP contribution in [0.15, 0.2) is 30.3 Å². The van der Waals surface area contributed by atoms with Crippen molar-refractivity contribution in [2.24, 2.45) is 11.7 Å². The molecule has 1 rings (SSSR count). The lowest BCUT2D eigenvalue weighted by atomic mass is 10.0. The molecule has 0 aromatic heterocycles. The Morgan fingerprint density at radius 1 is 1.14 bits per heavy atom. The number of nitrogens with zero attached hydrogens (tertiary/aromatic N) is 1. The Hall–Kier alpha value is -3.08. The first kappa shape index (κ1) is 23.0. The average molecular weight is 388 g/mol. The molecule has 8 heteroatoms. The van der Waals surface area contributed by atoms with Gasteiger partial charge >= 0.3 is 6.09 Å². The van der Waals surface area contributed by atoms with E-state index in [1.807, 2.05) is 36.4 Å². The molecule has 1 aromatic carbocycles. The van der Waals surface area contributed by atoms with Gasteiger partial charge in [-0.25, -0.2) is 4.79 Å². The zero-order chi connectivity index (χ0) is 20.9. The van der Waals surface area contributed by atoms with Crippen molar-refractivity contribution >= 4 is 17.9 Å². The molecule has 152 valence electrons. The molecule has 1 aromatic rings. The minimum absolute atomic E-state index is 0.0852. The number of nitrogens with two attached hydrogens (primary N) is 1. The van der Waals surface area contributed by atoms with Crippen LogP contribution in [0, 0.1) is 17.2 Å². The Morgan fingerprint density at radius 2 is 1.82 bits per heavy atom. The van der Waals surface area contributed by atoms with Crippen LogP contribution in [0.25, 0.3) is 0 Å². The average Bonchev–Trinajstić information content (AvgIpc) is 2.67. The molecule has 28 heavy (non-hydrogen) atoms. The third kappa shape index (κ3) is 8.54. The maximum absolute atomic E-state index is 12.6. The van der Waals surface area contributed by atoms with E-state index in [4.69, 9.17) is 15.7 Å². The van der Waals surface area contributed by atoms with Crippen LogP contribution < -0.4 is 16.4 Å². The summed E-state index contributed by atoms with van der Waals surface area (Å²) in [6, 6.07) is 9.48. The molecule has 0 bridgehead atoms. The molecule has 0 saturated carbocycles. The Labute approximate surface area is 165 Å². The molecule has 0 aliphatic rings. The number of amides is 3. The third-order valence-corrected chi connectivity index (χ3v) is 4.13. The number of nitrogens with one attached hydrogen (secondary N) is 2. The lowest BCUT2D eigenvalue weighted by Crippen LogP contribution is -2.54. The second-order valence-corrected chi connectivity index (χ2v) is 6.80. The number of alkyl carbamates (subject to hydrolysis) is 1. The summed E-state index contributed by atoms with van der Waals surface area (Å²) in [6.07, 6.45) is 1.20. The first-order chi connectivity index (χ1) is 13.3. The van der Waals surface area contributed by atoms with Crippen molar-refractivity contribution in [1.29, 1.82) is 5.26 Å². The van der Waals surface area contributed by atoms with Crippen LogP contribution in [-0.4, -0.2) is 30.0 Å². The number of primary amides is 1. The van der Waals surface area contributed by atoms with E-state index in [0.717, 1.165) is 5.56 Å². The fourth-order valence-corrected chi connectivity index (χ4v) is 2.53. The second kappa shape index (κ2) is 12.3. The van der Waals surface area contributed by atoms with E-state index in [0.29, 0.717) is 25.7 Å². The van der Waals surface area contributed by atoms with E-state index in [9.17, 15) is 14.4 Å². The normalized spacial score (nSPS) is 12.5. The van der Waals surface area contributed by atoms with Gasteiger partial charge in [-0.05, 0) is 30.7 Å². The van der Waals surface area contributed by atoms with Gasteiger partial charge in [0.1, 0.15) is 18.7 Å². The van der Waals surface area contributed by atoms with Crippen molar-refractivity contribution in [3.63, 3.8) is 0 Å². The van der Waals surface area contributed by atoms with E-state index in [1.54, 1.807) is 13.8 Å². The fraction of sp³-hybridized carbons (Fsp3) is 0.500. The van der Waals surface area contributed by atoms with Crippen molar-refractivity contribution in [3.05, 3.63) is 35.9 Å². The molecule has 4 N–H and O–H groups in total. The van der Waals surface area contributed by atoms with Crippen molar-refractivity contribution in [2.75, 3.05) is 0 Å². The monoisotopic (exact) mass is 388 g/mol. The molecular weight excluding hydrogens is 360 g/mol. The molecule has 0 fully saturated rings. The summed E-state index contributed by atoms with van der Waals surface area (Å²) in [6.45, 7) is 3.63. The number of ether oxygens (including phenoxy) is 1. The molecule has 0 heterocycles. The van der Waals surface area contributed by atoms with Crippen LogP contribution in [0.5, 0.6) is 0 Å². The summed E-state index contributed by atoms with van der Waals surface area (Å²) < 4.78 is 5.15. The number of hydrogen-bond donors (Lipinski definition) is 3. The van der Waals surface area contributed by atoms with E-state index in [-0.39, 0.29) is 12.5 Å². The highest BCUT2D eigenvalue weighted by atomic mass is 16.5. The van der Waals surface area contributed by atoms with Gasteiger partial charge in [-0.15, -0.1) is 0 Å². The molecule has 0 spiro atoms. The summed E-state index contributed by atoms with van der Waals surface area (Å²) in [4.78, 5) is 36.2. The van der Waals surface area contributed by atoms with Gasteiger partial charge in [0.25, 0.3) is 0 Å². The molecule has 0 radical (unpaired) electrons. The number of hydrogen-bond acceptors (Lipinski definition) is 5. The van der Waals surface area contributed by atoms with Gasteiger partial charge in [0.2, 0.25) is 11.8 Å². The van der Waals surface area contributed by atoms with Gasteiger partial charge in [0, 0.05) is 6.42 Å². The van der Waals surface area contributed by atoms with E-state index in [2.05, 4.69) is 10.6 Å². The summed E-state index contributed by atoms with van der Waals surface area (Å²) in [5, 5.41) is 13.7. The van der Waals surface area contributed by atoms with Crippen molar-refractivity contribution < 1.29 is 19.1 Å². The topological polar surface area (TPSA) is 134 Å². The zero-order valence-electron chi connectivity index (χ0n) is 16.3. The lowest BCUT2D eigenvalue weighted by molar-refractivity contribution is -0.129. The predicted octanol–water partition coefficient (Wildman–Crippen LogP) is 1.99. The molecule has 0 saturated heterocycles. The summed E-state index contributed by atoms with van der Waals surface area (Å²) >= 11 is 0. The van der Waals surface area contributed by atoms with Crippen molar-refractivity contribution in [3.8, 4) is 6.07 Å². The van der Waals surface area contributed by atoms with E-state index in [1.165, 1.54) is 0 Å². The van der Waals surface area contributed by atoms with Crippen LogP contribution in [0.4, 0.5) is 4.79 Å². The number of carbonyl (C=O) groups excluding carboxylic acids is 3. The number of benzene rings is 1. The van der Waals surface area contributed by atoms with Gasteiger partial charge in [-0.2, -0.15) is 5.26 Å². The molecule has 0 unspecified atom stereocenters. The second-order valence-electron chi connectivity index (χ2n) is 6.80. The molecular formula is C20H28N4O4. The predicted molar refractivity (Wildman–Crippen MR) is 104 cm³/mol. The van der Waals surface area contributed by atoms with E-state index >= 15 is 0 Å². The highest BCUT2D eigenvalue weighted by Crippen LogP contribution is 2.08. The molecule has 0 aliphatic heterocycles. The minimum Gasteiger partial charge on any atom is -0.445 e. The number of unbranched alkanes of at least 4 members (excludes halogenated alkanes) is 2. The standard InChI is InChI=1S/C20H28N4O4/c1-14(2)17(24-20(27)28-13-15-9-5-3-6-10-15)19(26)23-16(18(22)25)11-7-4-8-12-21/h3,5-6,9-10,14,16-17H,4,7-8,11,13H2,1-2H3,(H2,22,25)(H,23,26)(H,24,27)/t16-,17+/m1/s1. The SMILES string of the molecule is CC(C)[C@H](NC(=O)OCc1ccccc1)C(=O)N[C@H](CCCCC#N)C(N)=O. The van der Waals surface area contributed by atoms with Crippen molar-refractivity contribution in [1.82, 2.24) is 10.6 Å². The van der Waals surface area contributed by atoms with Gasteiger partial charge in [0.15, 0.2) is 0 Å². The molecule has 3 amide bonds. The molecule has 2 atom stereocenters. The number of carbonyl (C=O) groups is 3. The quantitative estimate of drug-likeness (QED) is 0.498. The lowest BCUT2D eigenvalue weighted by Gasteiger charge is -2.24. The van der Waals surface area contributed by atoms with Gasteiger partial charge in [-0.1, -0.05) is 44.2 Å². The Kier molecular flexibility index (Phi) is 10.1. The minimum atomic E-state index is -0.871. The van der Waals surface area contributed by atoms with Crippen molar-refractivity contribution in [2.45, 2.75) is 58.2 Å². The van der Waals surface area contributed by atoms with Gasteiger partial charge < -0.3 is 21.1 Å². The largest absolute Gasteiger partial charge is 0.445 e. The molecule has 8 nitrogen and oxygen atoms in total. The first-order valence-electron chi connectivity index (χ1n) is 9.29. The third-order valence-electron chi connectivity index (χ3n) is 4.13. The first-order valence-corrected chi connectivity index (χ1v) is 9.29. The van der Waals surface area contributed by atoms with Crippen LogP contribution in [0.2, 0.25) is 0 Å². The fourth-order valence-electron chi connectivity index (χ4n) is 2.53. The Balaban J connectivity index is 2.59. The van der Waals surface area contributed by atoms with Crippen LogP contribution in [0.1, 0.15) is 45.1 Å². The zero-order valence-corrected chi connectivity index (χ0v) is 16.3. The highest BCUT2D eigenvalue weighted by molar-refractivity contribution is 5.90. The highest BCUT2D eigenvalue weighted by Gasteiger charge is 2.28.